The number of halogens is 1. The van der Waals surface area contributed by atoms with Gasteiger partial charge in [0.15, 0.2) is 10.8 Å². The van der Waals surface area contributed by atoms with Crippen LogP contribution >= 0.6 is 22.9 Å². The molecule has 204 valence electrons. The molecule has 0 bridgehead atoms. The lowest BCUT2D eigenvalue weighted by Gasteiger charge is -2.26. The quantitative estimate of drug-likeness (QED) is 0.287. The van der Waals surface area contributed by atoms with Gasteiger partial charge in [0.05, 0.1) is 28.2 Å². The van der Waals surface area contributed by atoms with Crippen molar-refractivity contribution in [1.29, 1.82) is 0 Å². The molecule has 0 radical (unpaired) electrons. The molecule has 1 aliphatic heterocycles. The summed E-state index contributed by atoms with van der Waals surface area (Å²) in [4.78, 5) is 13.2. The molecule has 2 aliphatic rings. The van der Waals surface area contributed by atoms with Crippen molar-refractivity contribution in [3.05, 3.63) is 39.5 Å². The number of piperidine rings is 1. The second-order valence-corrected chi connectivity index (χ2v) is 14.2. The van der Waals surface area contributed by atoms with Crippen LogP contribution in [0.4, 0.5) is 22.5 Å². The van der Waals surface area contributed by atoms with E-state index < -0.39 is 15.1 Å². The molecule has 5 rings (SSSR count). The Hall–Kier alpha value is -2.47. The molecule has 3 aromatic rings. The minimum Gasteiger partial charge on any atom is -0.488 e. The zero-order valence-corrected chi connectivity index (χ0v) is 24.4. The van der Waals surface area contributed by atoms with Gasteiger partial charge >= 0.3 is 0 Å². The third kappa shape index (κ3) is 5.90. The molecule has 1 aliphatic carbocycles. The monoisotopic (exact) mass is 576 g/mol. The lowest BCUT2D eigenvalue weighted by Crippen LogP contribution is -2.27. The van der Waals surface area contributed by atoms with Crippen LogP contribution in [-0.4, -0.2) is 47.8 Å². The molecule has 3 heterocycles. The van der Waals surface area contributed by atoms with Gasteiger partial charge in [-0.1, -0.05) is 11.6 Å². The van der Waals surface area contributed by atoms with Crippen LogP contribution in [0.25, 0.3) is 0 Å². The normalized spacial score (nSPS) is 16.6. The van der Waals surface area contributed by atoms with E-state index in [2.05, 4.69) is 50.0 Å². The summed E-state index contributed by atoms with van der Waals surface area (Å²) >= 11 is 7.66. The molecule has 3 N–H and O–H groups in total. The Morgan fingerprint density at radius 3 is 2.53 bits per heavy atom. The highest BCUT2D eigenvalue weighted by atomic mass is 35.5. The zero-order chi connectivity index (χ0) is 27.0. The van der Waals surface area contributed by atoms with Crippen molar-refractivity contribution in [2.24, 2.45) is 0 Å². The van der Waals surface area contributed by atoms with Crippen LogP contribution in [-0.2, 0) is 9.84 Å². The van der Waals surface area contributed by atoms with Gasteiger partial charge in [0.25, 0.3) is 0 Å². The van der Waals surface area contributed by atoms with Crippen molar-refractivity contribution < 1.29 is 13.2 Å². The smallest absolute Gasteiger partial charge is 0.229 e. The highest BCUT2D eigenvalue weighted by molar-refractivity contribution is 7.92. The number of benzene rings is 1. The lowest BCUT2D eigenvalue weighted by atomic mass is 9.87. The Morgan fingerprint density at radius 2 is 1.84 bits per heavy atom. The molecule has 2 fully saturated rings. The van der Waals surface area contributed by atoms with Crippen molar-refractivity contribution in [2.45, 2.75) is 75.7 Å². The summed E-state index contributed by atoms with van der Waals surface area (Å²) in [6.45, 7) is 9.21. The van der Waals surface area contributed by atoms with Gasteiger partial charge in [-0.15, -0.1) is 11.3 Å². The number of sulfone groups is 1. The van der Waals surface area contributed by atoms with E-state index in [0.29, 0.717) is 27.7 Å². The molecule has 1 saturated carbocycles. The average molecular weight is 577 g/mol. The molecular formula is C26H33ClN6O3S2. The molecule has 2 aromatic heterocycles. The molecular weight excluding hydrogens is 544 g/mol. The van der Waals surface area contributed by atoms with Crippen LogP contribution in [0.15, 0.2) is 23.4 Å². The average Bonchev–Trinajstić information content (AvgIpc) is 3.62. The van der Waals surface area contributed by atoms with E-state index in [-0.39, 0.29) is 16.2 Å². The van der Waals surface area contributed by atoms with Gasteiger partial charge in [0.2, 0.25) is 15.8 Å². The Kier molecular flexibility index (Phi) is 7.82. The van der Waals surface area contributed by atoms with Crippen molar-refractivity contribution in [3.63, 3.8) is 0 Å². The van der Waals surface area contributed by atoms with Crippen LogP contribution in [0.3, 0.4) is 0 Å². The number of anilines is 4. The molecule has 9 nitrogen and oxygen atoms in total. The molecule has 38 heavy (non-hydrogen) atoms. The molecule has 0 spiro atoms. The predicted octanol–water partition coefficient (Wildman–Crippen LogP) is 5.88. The largest absolute Gasteiger partial charge is 0.488 e. The van der Waals surface area contributed by atoms with Gasteiger partial charge in [0.1, 0.15) is 15.8 Å². The summed E-state index contributed by atoms with van der Waals surface area (Å²) in [5.41, 5.74) is 3.31. The van der Waals surface area contributed by atoms with Crippen molar-refractivity contribution >= 4 is 55.2 Å². The number of rotatable bonds is 9. The topological polar surface area (TPSA) is 118 Å². The van der Waals surface area contributed by atoms with E-state index in [1.165, 1.54) is 28.7 Å². The molecule has 1 aromatic carbocycles. The minimum absolute atomic E-state index is 0.00318. The first kappa shape index (κ1) is 27.1. The fraction of sp³-hybridized carbons (Fsp3) is 0.500. The first-order chi connectivity index (χ1) is 18.1. The van der Waals surface area contributed by atoms with E-state index in [1.54, 1.807) is 20.8 Å². The first-order valence-electron chi connectivity index (χ1n) is 12.9. The van der Waals surface area contributed by atoms with Crippen molar-refractivity contribution in [2.75, 3.05) is 23.7 Å². The van der Waals surface area contributed by atoms with E-state index in [1.807, 2.05) is 0 Å². The van der Waals surface area contributed by atoms with Gasteiger partial charge < -0.3 is 20.7 Å². The summed E-state index contributed by atoms with van der Waals surface area (Å²) in [7, 11) is -3.59. The number of aryl methyl sites for hydroxylation is 2. The zero-order valence-electron chi connectivity index (χ0n) is 22.0. The second-order valence-electron chi connectivity index (χ2n) is 10.1. The van der Waals surface area contributed by atoms with Crippen LogP contribution in [0.1, 0.15) is 61.6 Å². The van der Waals surface area contributed by atoms with Gasteiger partial charge in [-0.2, -0.15) is 4.98 Å². The molecule has 0 unspecified atom stereocenters. The number of hydrogen-bond acceptors (Lipinski definition) is 10. The fourth-order valence-corrected chi connectivity index (χ4v) is 6.89. The van der Waals surface area contributed by atoms with E-state index in [0.717, 1.165) is 50.2 Å². The minimum atomic E-state index is -3.59. The number of ether oxygens (including phenoxy) is 1. The summed E-state index contributed by atoms with van der Waals surface area (Å²) < 4.78 is 32.0. The predicted molar refractivity (Wildman–Crippen MR) is 152 cm³/mol. The second kappa shape index (κ2) is 11.0. The van der Waals surface area contributed by atoms with Gasteiger partial charge in [-0.05, 0) is 95.6 Å². The Labute approximate surface area is 232 Å². The Balaban J connectivity index is 1.44. The SMILES string of the molecule is Cc1nc(S(=O)(=O)C(C)C)c(Nc2nc(Nc3cc(C)c(C4CCNCC4)cc3OC3CC3)ncc2Cl)s1. The fourth-order valence-electron chi connectivity index (χ4n) is 4.48. The lowest BCUT2D eigenvalue weighted by molar-refractivity contribution is 0.304. The van der Waals surface area contributed by atoms with Gasteiger partial charge in [0, 0.05) is 0 Å². The maximum atomic E-state index is 12.9. The number of thiazole rings is 1. The number of hydrogen-bond donors (Lipinski definition) is 3. The number of nitrogens with zero attached hydrogens (tertiary/aromatic N) is 3. The Bertz CT molecular complexity index is 1430. The third-order valence-corrected chi connectivity index (χ3v) is 10.1. The molecule has 12 heteroatoms. The van der Waals surface area contributed by atoms with E-state index in [4.69, 9.17) is 16.3 Å². The number of nitrogens with one attached hydrogen (secondary N) is 3. The highest BCUT2D eigenvalue weighted by Gasteiger charge is 2.29. The Morgan fingerprint density at radius 1 is 1.11 bits per heavy atom. The first-order valence-corrected chi connectivity index (χ1v) is 15.7. The van der Waals surface area contributed by atoms with Crippen LogP contribution in [0.5, 0.6) is 5.75 Å². The van der Waals surface area contributed by atoms with Crippen LogP contribution in [0.2, 0.25) is 5.02 Å². The van der Waals surface area contributed by atoms with Crippen LogP contribution in [0, 0.1) is 13.8 Å². The summed E-state index contributed by atoms with van der Waals surface area (Å²) in [6.07, 6.45) is 6.05. The summed E-state index contributed by atoms with van der Waals surface area (Å²) in [6, 6.07) is 4.27. The molecule has 0 atom stereocenters. The number of aromatic nitrogens is 3. The maximum absolute atomic E-state index is 12.9. The van der Waals surface area contributed by atoms with Crippen molar-refractivity contribution in [3.8, 4) is 5.75 Å². The standard InChI is InChI=1S/C26H33ClN6O3S2/c1-14(2)38(34,35)25-24(37-16(4)30-25)32-23-20(27)13-29-26(33-23)31-21-11-15(3)19(17-7-9-28-10-8-17)12-22(21)36-18-5-6-18/h11-14,17-18,28H,5-10H2,1-4H3,(H2,29,31,32,33). The third-order valence-electron chi connectivity index (χ3n) is 6.78. The van der Waals surface area contributed by atoms with Crippen LogP contribution < -0.4 is 20.7 Å². The van der Waals surface area contributed by atoms with Crippen molar-refractivity contribution in [1.82, 2.24) is 20.3 Å². The molecule has 1 saturated heterocycles. The summed E-state index contributed by atoms with van der Waals surface area (Å²) in [5, 5.41) is 10.5. The van der Waals surface area contributed by atoms with Gasteiger partial charge in [-0.3, -0.25) is 0 Å². The van der Waals surface area contributed by atoms with E-state index in [9.17, 15) is 8.42 Å². The molecule has 0 amide bonds. The highest BCUT2D eigenvalue weighted by Crippen LogP contribution is 2.40. The summed E-state index contributed by atoms with van der Waals surface area (Å²) in [5.74, 6) is 1.92. The maximum Gasteiger partial charge on any atom is 0.229 e. The van der Waals surface area contributed by atoms with Gasteiger partial charge in [-0.25, -0.2) is 18.4 Å². The van der Waals surface area contributed by atoms with E-state index >= 15 is 0 Å².